The number of esters is 1. The molecule has 3 atom stereocenters. The van der Waals surface area contributed by atoms with Gasteiger partial charge in [-0.2, -0.15) is 0 Å². The molecule has 6 nitrogen and oxygen atoms in total. The zero-order valence-electron chi connectivity index (χ0n) is 17.9. The van der Waals surface area contributed by atoms with E-state index in [2.05, 4.69) is 0 Å². The van der Waals surface area contributed by atoms with Crippen molar-refractivity contribution in [2.45, 2.75) is 58.7 Å². The first-order chi connectivity index (χ1) is 13.5. The van der Waals surface area contributed by atoms with Gasteiger partial charge in [0, 0.05) is 24.3 Å². The lowest BCUT2D eigenvalue weighted by Gasteiger charge is -2.48. The van der Waals surface area contributed by atoms with E-state index in [9.17, 15) is 14.0 Å². The van der Waals surface area contributed by atoms with Gasteiger partial charge in [-0.25, -0.2) is 4.39 Å². The average molecular weight is 406 g/mol. The van der Waals surface area contributed by atoms with Gasteiger partial charge in [-0.15, -0.1) is 0 Å². The quantitative estimate of drug-likeness (QED) is 0.762. The molecule has 2 aliphatic rings. The summed E-state index contributed by atoms with van der Waals surface area (Å²) in [6.45, 7) is 11.1. The van der Waals surface area contributed by atoms with Crippen molar-refractivity contribution in [3.63, 3.8) is 0 Å². The number of cyclic esters (lactones) is 1. The Balaban J connectivity index is 1.70. The van der Waals surface area contributed by atoms with Crippen molar-refractivity contribution in [1.29, 1.82) is 0 Å². The Hall–Kier alpha value is -1.99. The summed E-state index contributed by atoms with van der Waals surface area (Å²) >= 11 is 0. The predicted octanol–water partition coefficient (Wildman–Crippen LogP) is 2.48. The van der Waals surface area contributed by atoms with Crippen LogP contribution in [0.5, 0.6) is 0 Å². The van der Waals surface area contributed by atoms with Gasteiger partial charge in [0.05, 0.1) is 18.5 Å². The Morgan fingerprint density at radius 2 is 2.00 bits per heavy atom. The third-order valence-electron chi connectivity index (χ3n) is 6.26. The number of aryl methyl sites for hydroxylation is 1. The summed E-state index contributed by atoms with van der Waals surface area (Å²) < 4.78 is 19.3. The van der Waals surface area contributed by atoms with Crippen LogP contribution in [0.25, 0.3) is 0 Å². The van der Waals surface area contributed by atoms with Crippen molar-refractivity contribution in [3.05, 3.63) is 29.6 Å². The van der Waals surface area contributed by atoms with Crippen LogP contribution < -0.4 is 10.6 Å². The van der Waals surface area contributed by atoms with Gasteiger partial charge in [0.2, 0.25) is 5.91 Å². The van der Waals surface area contributed by atoms with Crippen LogP contribution in [0.15, 0.2) is 18.2 Å². The first kappa shape index (κ1) is 21.7. The fourth-order valence-corrected chi connectivity index (χ4v) is 4.25. The van der Waals surface area contributed by atoms with Crippen LogP contribution in [0, 0.1) is 24.6 Å². The maximum atomic E-state index is 13.8. The van der Waals surface area contributed by atoms with E-state index in [-0.39, 0.29) is 53.8 Å². The van der Waals surface area contributed by atoms with E-state index in [4.69, 9.17) is 10.5 Å². The van der Waals surface area contributed by atoms with Gasteiger partial charge in [-0.1, -0.05) is 19.9 Å². The molecule has 0 unspecified atom stereocenters. The number of nitrogens with two attached hydrogens (primary N) is 1. The molecule has 2 aliphatic heterocycles. The van der Waals surface area contributed by atoms with Crippen molar-refractivity contribution >= 4 is 17.6 Å². The second kappa shape index (κ2) is 8.03. The van der Waals surface area contributed by atoms with E-state index >= 15 is 0 Å². The highest BCUT2D eigenvalue weighted by Crippen LogP contribution is 2.32. The maximum absolute atomic E-state index is 13.8. The molecule has 0 spiro atoms. The summed E-state index contributed by atoms with van der Waals surface area (Å²) in [7, 11) is 0. The Morgan fingerprint density at radius 3 is 2.62 bits per heavy atom. The summed E-state index contributed by atoms with van der Waals surface area (Å²) in [5.41, 5.74) is 7.51. The molecule has 0 radical (unpaired) electrons. The highest BCUT2D eigenvalue weighted by Gasteiger charge is 2.43. The topological polar surface area (TPSA) is 75.9 Å². The standard InChI is InChI=1S/C22H32FN3O3/c1-13(2)16-9-19(29-21(16)28)17(24)10-25-11-20(27)26(12-22(25,4)5)18-8-15(23)7-6-14(18)3/h6-8,13,16-17,19H,9-12,24H2,1-5H3/t16-,17-,19-/m0/s1. The van der Waals surface area contributed by atoms with Gasteiger partial charge >= 0.3 is 5.97 Å². The number of halogens is 1. The molecule has 2 heterocycles. The number of amides is 1. The number of hydrogen-bond donors (Lipinski definition) is 1. The molecule has 2 fully saturated rings. The molecule has 2 saturated heterocycles. The monoisotopic (exact) mass is 405 g/mol. The fourth-order valence-electron chi connectivity index (χ4n) is 4.25. The average Bonchev–Trinajstić information content (AvgIpc) is 3.02. The smallest absolute Gasteiger partial charge is 0.309 e. The minimum atomic E-state index is -0.364. The Bertz CT molecular complexity index is 796. The Kier molecular flexibility index (Phi) is 6.01. The second-order valence-electron chi connectivity index (χ2n) is 9.33. The number of anilines is 1. The number of hydrogen-bond acceptors (Lipinski definition) is 5. The number of benzene rings is 1. The molecule has 0 aliphatic carbocycles. The summed E-state index contributed by atoms with van der Waals surface area (Å²) in [6, 6.07) is 4.13. The SMILES string of the molecule is Cc1ccc(F)cc1N1CC(C)(C)N(C[C@H](N)[C@@H]2C[C@@H](C(C)C)C(=O)O2)CC1=O. The number of piperazine rings is 1. The lowest BCUT2D eigenvalue weighted by Crippen LogP contribution is -2.64. The minimum Gasteiger partial charge on any atom is -0.460 e. The number of carbonyl (C=O) groups is 2. The zero-order valence-corrected chi connectivity index (χ0v) is 17.9. The summed E-state index contributed by atoms with van der Waals surface area (Å²) in [6.07, 6.45) is 0.290. The van der Waals surface area contributed by atoms with Crippen LogP contribution in [0.1, 0.15) is 39.7 Å². The van der Waals surface area contributed by atoms with E-state index in [0.717, 1.165) is 5.56 Å². The third-order valence-corrected chi connectivity index (χ3v) is 6.26. The molecule has 1 aromatic carbocycles. The third kappa shape index (κ3) is 4.46. The number of ether oxygens (including phenoxy) is 1. The number of nitrogens with zero attached hydrogens (tertiary/aromatic N) is 2. The van der Waals surface area contributed by atoms with Crippen molar-refractivity contribution in [2.24, 2.45) is 17.6 Å². The molecule has 160 valence electrons. The van der Waals surface area contributed by atoms with E-state index in [1.165, 1.54) is 12.1 Å². The first-order valence-electron chi connectivity index (χ1n) is 10.3. The van der Waals surface area contributed by atoms with Crippen LogP contribution >= 0.6 is 0 Å². The maximum Gasteiger partial charge on any atom is 0.309 e. The molecule has 1 amide bonds. The van der Waals surface area contributed by atoms with E-state index in [1.54, 1.807) is 11.0 Å². The lowest BCUT2D eigenvalue weighted by molar-refractivity contribution is -0.146. The molecular formula is C22H32FN3O3. The summed E-state index contributed by atoms with van der Waals surface area (Å²) in [4.78, 5) is 28.7. The Morgan fingerprint density at radius 1 is 1.31 bits per heavy atom. The van der Waals surface area contributed by atoms with Gasteiger partial charge in [0.1, 0.15) is 11.9 Å². The molecule has 3 rings (SSSR count). The summed E-state index contributed by atoms with van der Waals surface area (Å²) in [5, 5.41) is 0. The Labute approximate surface area is 172 Å². The molecular weight excluding hydrogens is 373 g/mol. The van der Waals surface area contributed by atoms with Crippen molar-refractivity contribution in [2.75, 3.05) is 24.5 Å². The van der Waals surface area contributed by atoms with Gasteiger partial charge < -0.3 is 15.4 Å². The van der Waals surface area contributed by atoms with Gasteiger partial charge in [0.15, 0.2) is 0 Å². The molecule has 0 aromatic heterocycles. The normalized spacial score (nSPS) is 26.1. The minimum absolute atomic E-state index is 0.0892. The van der Waals surface area contributed by atoms with Gasteiger partial charge in [-0.05, 0) is 50.8 Å². The fraction of sp³-hybridized carbons (Fsp3) is 0.636. The van der Waals surface area contributed by atoms with Crippen molar-refractivity contribution in [1.82, 2.24) is 4.90 Å². The van der Waals surface area contributed by atoms with Crippen molar-refractivity contribution in [3.8, 4) is 0 Å². The zero-order chi connectivity index (χ0) is 21.5. The highest BCUT2D eigenvalue weighted by molar-refractivity contribution is 5.96. The number of carbonyl (C=O) groups excluding carboxylic acids is 2. The van der Waals surface area contributed by atoms with Gasteiger partial charge in [0.25, 0.3) is 0 Å². The van der Waals surface area contributed by atoms with Crippen LogP contribution in [0.3, 0.4) is 0 Å². The van der Waals surface area contributed by atoms with Crippen LogP contribution in [0.2, 0.25) is 0 Å². The molecule has 7 heteroatoms. The summed E-state index contributed by atoms with van der Waals surface area (Å²) in [5.74, 6) is -0.524. The van der Waals surface area contributed by atoms with E-state index in [0.29, 0.717) is 25.2 Å². The highest BCUT2D eigenvalue weighted by atomic mass is 19.1. The number of rotatable bonds is 5. The van der Waals surface area contributed by atoms with Crippen LogP contribution in [-0.2, 0) is 14.3 Å². The largest absolute Gasteiger partial charge is 0.460 e. The predicted molar refractivity (Wildman–Crippen MR) is 110 cm³/mol. The molecule has 0 bridgehead atoms. The first-order valence-corrected chi connectivity index (χ1v) is 10.3. The van der Waals surface area contributed by atoms with E-state index < -0.39 is 0 Å². The molecule has 29 heavy (non-hydrogen) atoms. The molecule has 1 aromatic rings. The van der Waals surface area contributed by atoms with Crippen LogP contribution in [0.4, 0.5) is 10.1 Å². The van der Waals surface area contributed by atoms with Crippen molar-refractivity contribution < 1.29 is 18.7 Å². The van der Waals surface area contributed by atoms with E-state index in [1.807, 2.05) is 39.5 Å². The molecule has 2 N–H and O–H groups in total. The molecule has 0 saturated carbocycles. The van der Waals surface area contributed by atoms with Crippen LogP contribution in [-0.4, -0.2) is 54.1 Å². The second-order valence-corrected chi connectivity index (χ2v) is 9.33. The van der Waals surface area contributed by atoms with Gasteiger partial charge in [-0.3, -0.25) is 14.5 Å². The lowest BCUT2D eigenvalue weighted by atomic mass is 9.90.